The van der Waals surface area contributed by atoms with E-state index in [-0.39, 0.29) is 0 Å². The van der Waals surface area contributed by atoms with Crippen LogP contribution in [-0.4, -0.2) is 8.80 Å². The molecule has 0 radical (unpaired) electrons. The zero-order valence-corrected chi connectivity index (χ0v) is 51.2. The van der Waals surface area contributed by atoms with Gasteiger partial charge in [0.1, 0.15) is 44.7 Å². The van der Waals surface area contributed by atoms with Gasteiger partial charge in [-0.05, 0) is 140 Å². The van der Waals surface area contributed by atoms with E-state index in [0.717, 1.165) is 166 Å². The third-order valence-corrected chi connectivity index (χ3v) is 21.2. The van der Waals surface area contributed by atoms with Crippen LogP contribution in [0.4, 0.5) is 0 Å². The predicted molar refractivity (Wildman–Crippen MR) is 397 cm³/mol. The molecule has 0 aliphatic carbocycles. The van der Waals surface area contributed by atoms with Gasteiger partial charge >= 0.3 is 0 Å². The van der Waals surface area contributed by atoms with Gasteiger partial charge in [0.05, 0.1) is 33.1 Å². The number of nitrogens with zero attached hydrogens (tertiary/aromatic N) is 2. The van der Waals surface area contributed by atoms with Crippen LogP contribution in [-0.2, 0) is 0 Å². The third-order valence-electron chi connectivity index (χ3n) is 21.2. The Morgan fingerprint density at radius 2 is 0.427 bits per heavy atom. The van der Waals surface area contributed by atoms with Crippen LogP contribution in [0.3, 0.4) is 0 Å². The van der Waals surface area contributed by atoms with Crippen LogP contribution in [0.5, 0.6) is 0 Å². The molecule has 0 bridgehead atoms. The first-order valence-electron chi connectivity index (χ1n) is 32.9. The molecule has 23 rings (SSSR count). The normalized spacial score (nSPS) is 12.6. The highest BCUT2D eigenvalue weighted by atomic mass is 16.3. The van der Waals surface area contributed by atoms with Crippen molar-refractivity contribution in [2.75, 3.05) is 0 Å². The van der Waals surface area contributed by atoms with E-state index in [1.54, 1.807) is 0 Å². The molecule has 6 heteroatoms. The van der Waals surface area contributed by atoms with Gasteiger partial charge in [-0.3, -0.25) is 0 Å². The number of benzene rings is 15. The van der Waals surface area contributed by atoms with Crippen LogP contribution in [0.25, 0.3) is 231 Å². The molecule has 0 N–H and O–H groups in total. The van der Waals surface area contributed by atoms with Gasteiger partial charge in [0.2, 0.25) is 0 Å². The van der Waals surface area contributed by atoms with Crippen molar-refractivity contribution < 1.29 is 17.7 Å². The summed E-state index contributed by atoms with van der Waals surface area (Å²) in [6, 6.07) is 106. The lowest BCUT2D eigenvalue weighted by Gasteiger charge is -2.18. The van der Waals surface area contributed by atoms with E-state index in [9.17, 15) is 0 Å². The summed E-state index contributed by atoms with van der Waals surface area (Å²) in [5, 5.41) is 18.7. The fourth-order valence-corrected chi connectivity index (χ4v) is 17.5. The maximum Gasteiger partial charge on any atom is 0.136 e. The van der Waals surface area contributed by atoms with Crippen LogP contribution in [0.1, 0.15) is 0 Å². The van der Waals surface area contributed by atoms with Gasteiger partial charge in [0.15, 0.2) is 0 Å². The summed E-state index contributed by atoms with van der Waals surface area (Å²) in [6.07, 6.45) is 0. The Kier molecular flexibility index (Phi) is 9.74. The Balaban J connectivity index is 0.820. The molecule has 15 aromatic carbocycles. The zero-order valence-electron chi connectivity index (χ0n) is 51.2. The number of rotatable bonds is 6. The molecule has 0 fully saturated rings. The summed E-state index contributed by atoms with van der Waals surface area (Å²) >= 11 is 0. The molecule has 0 aliphatic heterocycles. The monoisotopic (exact) mass is 1220 g/mol. The highest BCUT2D eigenvalue weighted by Gasteiger charge is 2.31. The summed E-state index contributed by atoms with van der Waals surface area (Å²) in [5.41, 5.74) is 27.5. The fourth-order valence-electron chi connectivity index (χ4n) is 17.5. The average molecular weight is 1220 g/mol. The van der Waals surface area contributed by atoms with Crippen molar-refractivity contribution in [3.05, 3.63) is 291 Å². The van der Waals surface area contributed by atoms with Gasteiger partial charge < -0.3 is 26.5 Å². The van der Waals surface area contributed by atoms with E-state index in [1.165, 1.54) is 65.2 Å². The number of hydrogen-bond donors (Lipinski definition) is 0. The Morgan fingerprint density at radius 1 is 0.177 bits per heavy atom. The fraction of sp³-hybridized carbons (Fsp3) is 0. The van der Waals surface area contributed by atoms with Gasteiger partial charge in [0.25, 0.3) is 0 Å². The van der Waals surface area contributed by atoms with Gasteiger partial charge in [-0.25, -0.2) is 0 Å². The molecular weight excluding hydrogens is 1170 g/mol. The molecule has 6 nitrogen and oxygen atoms in total. The lowest BCUT2D eigenvalue weighted by atomic mass is 9.85. The Morgan fingerprint density at radius 3 is 0.750 bits per heavy atom. The summed E-state index contributed by atoms with van der Waals surface area (Å²) in [7, 11) is 0. The molecule has 0 unspecified atom stereocenters. The second kappa shape index (κ2) is 18.4. The van der Waals surface area contributed by atoms with Crippen LogP contribution in [0.2, 0.25) is 0 Å². The van der Waals surface area contributed by atoms with Crippen molar-refractivity contribution in [2.24, 2.45) is 0 Å². The largest absolute Gasteiger partial charge is 0.456 e. The van der Waals surface area contributed by atoms with E-state index in [0.29, 0.717) is 0 Å². The van der Waals surface area contributed by atoms with Crippen molar-refractivity contribution in [3.8, 4) is 66.8 Å². The minimum atomic E-state index is 0.862. The number of furan rings is 4. The molecule has 23 aromatic rings. The average Bonchev–Trinajstić information content (AvgIpc) is 1.49. The molecule has 0 amide bonds. The van der Waals surface area contributed by atoms with Gasteiger partial charge in [-0.2, -0.15) is 0 Å². The first kappa shape index (κ1) is 50.7. The third kappa shape index (κ3) is 6.49. The van der Waals surface area contributed by atoms with Crippen molar-refractivity contribution in [1.82, 2.24) is 8.80 Å². The topological polar surface area (TPSA) is 61.4 Å². The van der Waals surface area contributed by atoms with Crippen molar-refractivity contribution >= 4 is 164 Å². The lowest BCUT2D eigenvalue weighted by Crippen LogP contribution is -1.92. The second-order valence-electron chi connectivity index (χ2n) is 25.9. The second-order valence-corrected chi connectivity index (χ2v) is 25.9. The molecule has 96 heavy (non-hydrogen) atoms. The summed E-state index contributed by atoms with van der Waals surface area (Å²) in [5.74, 6) is 0. The molecule has 8 heterocycles. The molecule has 0 saturated heterocycles. The van der Waals surface area contributed by atoms with E-state index < -0.39 is 0 Å². The smallest absolute Gasteiger partial charge is 0.136 e. The van der Waals surface area contributed by atoms with Crippen molar-refractivity contribution in [2.45, 2.75) is 0 Å². The van der Waals surface area contributed by atoms with Crippen molar-refractivity contribution in [1.29, 1.82) is 0 Å². The van der Waals surface area contributed by atoms with Gasteiger partial charge in [-0.1, -0.05) is 218 Å². The van der Waals surface area contributed by atoms with E-state index >= 15 is 0 Å². The highest BCUT2D eigenvalue weighted by molar-refractivity contribution is 6.45. The molecule has 0 atom stereocenters. The first-order valence-corrected chi connectivity index (χ1v) is 32.9. The SMILES string of the molecule is c1cc(-c2cccc3oc4ccccc4c23)c(-c2ccc3c4c5c6ccccc6n6c7cc(-c8c(-c9cccc%10oc%11ccccc%11c9%10)cccc8-c8cccc9oc%10ccccc%10c89)ccc7c(c7c8ccccc8n(c3c2)c74)c56)c(-c2cccc3oc4ccccc4c23)c1. The molecule has 0 saturated carbocycles. The maximum atomic E-state index is 6.62. The molecule has 442 valence electrons. The highest BCUT2D eigenvalue weighted by Crippen LogP contribution is 2.56. The van der Waals surface area contributed by atoms with Crippen LogP contribution >= 0.6 is 0 Å². The Bertz CT molecular complexity index is 6640. The summed E-state index contributed by atoms with van der Waals surface area (Å²) < 4.78 is 31.7. The number of para-hydroxylation sites is 6. The molecule has 0 aliphatic rings. The Hall–Kier alpha value is -12.9. The molecule has 0 spiro atoms. The molecule has 8 aromatic heterocycles. The van der Waals surface area contributed by atoms with Crippen LogP contribution in [0, 0.1) is 0 Å². The predicted octanol–water partition coefficient (Wildman–Crippen LogP) is 25.6. The van der Waals surface area contributed by atoms with E-state index in [2.05, 4.69) is 300 Å². The summed E-state index contributed by atoms with van der Waals surface area (Å²) in [4.78, 5) is 0. The van der Waals surface area contributed by atoms with E-state index in [4.69, 9.17) is 17.7 Å². The molecular formula is C90H48N2O4. The standard InChI is InChI=1S/C90H48N2O4/c1-7-33-67-59(19-1)85-87-61-45-43-50(80-53(57-31-17-41-77-83(57)65-23-5-11-37-73(65)95-77)27-14-28-54(80)58-32-18-42-78-84(58)66-24-6-12-38-74(66)96-78)48-70(61)92-68-34-8-2-20-60(68)86(90(87)92)88-62-46-44-49(47-69(62)91(67)89(85)88)79-51(55-29-15-39-75-81(55)63-21-3-9-35-71(63)93-75)25-13-26-52(79)56-30-16-40-76-82(56)64-22-4-10-36-72(64)94-76/h1-48H. The number of hydrogen-bond acceptors (Lipinski definition) is 4. The van der Waals surface area contributed by atoms with Crippen LogP contribution in [0.15, 0.2) is 309 Å². The van der Waals surface area contributed by atoms with Crippen LogP contribution < -0.4 is 0 Å². The number of fused-ring (bicyclic) bond motifs is 26. The lowest BCUT2D eigenvalue weighted by molar-refractivity contribution is 0.668. The Labute approximate surface area is 545 Å². The minimum absolute atomic E-state index is 0.862. The van der Waals surface area contributed by atoms with E-state index in [1.807, 2.05) is 0 Å². The number of aromatic nitrogens is 2. The minimum Gasteiger partial charge on any atom is -0.456 e. The summed E-state index contributed by atoms with van der Waals surface area (Å²) in [6.45, 7) is 0. The quantitative estimate of drug-likeness (QED) is 0.166. The zero-order chi connectivity index (χ0) is 62.2. The maximum absolute atomic E-state index is 6.62. The van der Waals surface area contributed by atoms with Crippen molar-refractivity contribution in [3.63, 3.8) is 0 Å². The van der Waals surface area contributed by atoms with Gasteiger partial charge in [0, 0.05) is 86.2 Å². The first-order chi connectivity index (χ1) is 47.7. The van der Waals surface area contributed by atoms with Gasteiger partial charge in [-0.15, -0.1) is 0 Å².